The number of hydrogen-bond donors (Lipinski definition) is 0. The van der Waals surface area contributed by atoms with Crippen LogP contribution in [0, 0.1) is 0 Å². The first kappa shape index (κ1) is 35.0. The van der Waals surface area contributed by atoms with Crippen molar-refractivity contribution >= 4 is 88.3 Å². The number of fused-ring (bicyclic) bond motifs is 12. The monoisotopic (exact) mass is 780 g/mol. The highest BCUT2D eigenvalue weighted by atomic mass is 15.0. The minimum absolute atomic E-state index is 0.0835. The molecule has 13 rings (SSSR count). The smallest absolute Gasteiger partial charge is 0.244 e. The highest BCUT2D eigenvalue weighted by Crippen LogP contribution is 2.49. The van der Waals surface area contributed by atoms with Gasteiger partial charge in [0.25, 0.3) is 0 Å². The lowest BCUT2D eigenvalue weighted by atomic mass is 9.31. The van der Waals surface area contributed by atoms with Crippen LogP contribution in [0.4, 0.5) is 0 Å². The van der Waals surface area contributed by atoms with E-state index in [2.05, 4.69) is 214 Å². The van der Waals surface area contributed by atoms with E-state index in [1.54, 1.807) is 0 Å². The van der Waals surface area contributed by atoms with Crippen molar-refractivity contribution < 1.29 is 0 Å². The third-order valence-corrected chi connectivity index (χ3v) is 14.2. The molecule has 61 heavy (non-hydrogen) atoms. The summed E-state index contributed by atoms with van der Waals surface area (Å²) >= 11 is 0. The number of benzene rings is 9. The average Bonchev–Trinajstić information content (AvgIpc) is 3.77. The second kappa shape index (κ2) is 11.9. The standard InChI is InChI=1S/C58H45BN2/c1-57(2,3)36-24-28-38(29-25-36)60-46-22-9-7-16-40(46)52-48(60)32-34-14-11-20-44-50(34)54(52)42-18-13-19-43-55-51-35(15-12-21-45(51)59(44)56(42)43)33-49-53(55)41-17-8-10-23-47(41)61(49)39-30-26-37(27-31-39)58(4,5)6/h7-33H,1-6H3. The summed E-state index contributed by atoms with van der Waals surface area (Å²) in [5, 5.41) is 10.6. The summed E-state index contributed by atoms with van der Waals surface area (Å²) in [6.45, 7) is 13.9. The summed E-state index contributed by atoms with van der Waals surface area (Å²) in [5.41, 5.74) is 19.9. The molecule has 11 aromatic rings. The van der Waals surface area contributed by atoms with Gasteiger partial charge in [0.15, 0.2) is 0 Å². The zero-order chi connectivity index (χ0) is 41.1. The Hall–Kier alpha value is -6.84. The molecule has 0 atom stereocenters. The molecule has 0 unspecified atom stereocenters. The molecule has 2 nitrogen and oxygen atoms in total. The van der Waals surface area contributed by atoms with E-state index in [0.29, 0.717) is 0 Å². The van der Waals surface area contributed by atoms with Gasteiger partial charge in [-0.3, -0.25) is 0 Å². The molecule has 2 aliphatic rings. The number of aromatic nitrogens is 2. The van der Waals surface area contributed by atoms with E-state index in [4.69, 9.17) is 0 Å². The Labute approximate surface area is 356 Å². The van der Waals surface area contributed by atoms with Crippen LogP contribution in [0.1, 0.15) is 52.7 Å². The van der Waals surface area contributed by atoms with Crippen LogP contribution >= 0.6 is 0 Å². The van der Waals surface area contributed by atoms with Gasteiger partial charge >= 0.3 is 0 Å². The highest BCUT2D eigenvalue weighted by molar-refractivity contribution is 7.01. The van der Waals surface area contributed by atoms with Crippen molar-refractivity contribution in [3.8, 4) is 33.6 Å². The van der Waals surface area contributed by atoms with Crippen LogP contribution in [-0.4, -0.2) is 15.8 Å². The average molecular weight is 781 g/mol. The molecule has 0 bridgehead atoms. The van der Waals surface area contributed by atoms with Crippen molar-refractivity contribution in [1.29, 1.82) is 0 Å². The van der Waals surface area contributed by atoms with Gasteiger partial charge in [-0.05, 0) is 114 Å². The van der Waals surface area contributed by atoms with Crippen LogP contribution < -0.4 is 16.4 Å². The van der Waals surface area contributed by atoms with Gasteiger partial charge < -0.3 is 9.13 Å². The van der Waals surface area contributed by atoms with Gasteiger partial charge in [-0.25, -0.2) is 0 Å². The molecule has 9 aromatic carbocycles. The lowest BCUT2D eigenvalue weighted by Crippen LogP contribution is -2.57. The van der Waals surface area contributed by atoms with Gasteiger partial charge in [0.05, 0.1) is 22.1 Å². The summed E-state index contributed by atoms with van der Waals surface area (Å²) in [4.78, 5) is 0. The predicted molar refractivity (Wildman–Crippen MR) is 263 cm³/mol. The van der Waals surface area contributed by atoms with Gasteiger partial charge in [-0.1, -0.05) is 173 Å². The maximum absolute atomic E-state index is 2.50. The zero-order valence-electron chi connectivity index (χ0n) is 35.6. The molecule has 0 spiro atoms. The molecular formula is C58H45BN2. The van der Waals surface area contributed by atoms with Gasteiger partial charge in [-0.15, -0.1) is 0 Å². The fourth-order valence-corrected chi connectivity index (χ4v) is 11.4. The highest BCUT2D eigenvalue weighted by Gasteiger charge is 2.40. The summed E-state index contributed by atoms with van der Waals surface area (Å²) in [6.07, 6.45) is 0. The Kier molecular flexibility index (Phi) is 6.83. The van der Waals surface area contributed by atoms with Crippen molar-refractivity contribution in [2.45, 2.75) is 52.4 Å². The largest absolute Gasteiger partial charge is 0.309 e. The lowest BCUT2D eigenvalue weighted by Gasteiger charge is -2.34. The number of nitrogens with zero attached hydrogens (tertiary/aromatic N) is 2. The Morgan fingerprint density at radius 3 is 1.21 bits per heavy atom. The molecule has 2 aliphatic heterocycles. The Morgan fingerprint density at radius 1 is 0.377 bits per heavy atom. The molecule has 4 heterocycles. The van der Waals surface area contributed by atoms with Gasteiger partial charge in [0.1, 0.15) is 0 Å². The summed E-state index contributed by atoms with van der Waals surface area (Å²) in [6, 6.07) is 62.8. The summed E-state index contributed by atoms with van der Waals surface area (Å²) < 4.78 is 5.01. The van der Waals surface area contributed by atoms with E-state index in [1.807, 2.05) is 0 Å². The molecule has 0 radical (unpaired) electrons. The van der Waals surface area contributed by atoms with E-state index in [0.717, 1.165) is 0 Å². The van der Waals surface area contributed by atoms with Crippen LogP contribution in [0.15, 0.2) is 164 Å². The van der Waals surface area contributed by atoms with Crippen molar-refractivity contribution in [2.75, 3.05) is 0 Å². The van der Waals surface area contributed by atoms with E-state index < -0.39 is 0 Å². The quantitative estimate of drug-likeness (QED) is 0.155. The van der Waals surface area contributed by atoms with E-state index >= 15 is 0 Å². The lowest BCUT2D eigenvalue weighted by molar-refractivity contribution is 0.590. The second-order valence-corrected chi connectivity index (χ2v) is 19.7. The Balaban J connectivity index is 1.15. The Bertz CT molecular complexity index is 3450. The predicted octanol–water partition coefficient (Wildman–Crippen LogP) is 13.3. The normalized spacial score (nSPS) is 13.4. The summed E-state index contributed by atoms with van der Waals surface area (Å²) in [7, 11) is 0. The number of rotatable bonds is 2. The zero-order valence-corrected chi connectivity index (χ0v) is 35.6. The van der Waals surface area contributed by atoms with E-state index in [-0.39, 0.29) is 17.5 Å². The molecule has 290 valence electrons. The third kappa shape index (κ3) is 4.64. The summed E-state index contributed by atoms with van der Waals surface area (Å²) in [5.74, 6) is 0. The van der Waals surface area contributed by atoms with Crippen molar-refractivity contribution in [3.63, 3.8) is 0 Å². The topological polar surface area (TPSA) is 9.86 Å². The van der Waals surface area contributed by atoms with Crippen LogP contribution in [0.3, 0.4) is 0 Å². The van der Waals surface area contributed by atoms with Gasteiger partial charge in [0, 0.05) is 32.9 Å². The van der Waals surface area contributed by atoms with Crippen LogP contribution in [-0.2, 0) is 10.8 Å². The van der Waals surface area contributed by atoms with Crippen molar-refractivity contribution in [1.82, 2.24) is 9.13 Å². The first-order chi connectivity index (χ1) is 29.6. The van der Waals surface area contributed by atoms with E-state index in [1.165, 1.54) is 126 Å². The first-order valence-electron chi connectivity index (χ1n) is 21.9. The van der Waals surface area contributed by atoms with Crippen LogP contribution in [0.25, 0.3) is 98.8 Å². The van der Waals surface area contributed by atoms with Gasteiger partial charge in [0.2, 0.25) is 6.71 Å². The van der Waals surface area contributed by atoms with Crippen LogP contribution in [0.5, 0.6) is 0 Å². The fraction of sp³-hybridized carbons (Fsp3) is 0.138. The molecule has 3 heteroatoms. The SMILES string of the molecule is CC(C)(C)c1ccc(-n2c3ccccc3c3c4c5c(cccc5cc32)B2c3c-4cccc3-c3c4c2cccc4cc2c3c3ccccc3n2-c2ccc(C(C)(C)C)cc2)cc1. The van der Waals surface area contributed by atoms with E-state index in [9.17, 15) is 0 Å². The molecule has 2 aromatic heterocycles. The molecule has 0 N–H and O–H groups in total. The fourth-order valence-electron chi connectivity index (χ4n) is 11.4. The minimum atomic E-state index is 0.0835. The first-order valence-corrected chi connectivity index (χ1v) is 21.9. The molecular weight excluding hydrogens is 735 g/mol. The minimum Gasteiger partial charge on any atom is -0.309 e. The van der Waals surface area contributed by atoms with Crippen molar-refractivity contribution in [2.24, 2.45) is 0 Å². The number of hydrogen-bond acceptors (Lipinski definition) is 0. The maximum Gasteiger partial charge on any atom is 0.244 e. The third-order valence-electron chi connectivity index (χ3n) is 14.2. The molecule has 0 amide bonds. The molecule has 0 saturated carbocycles. The van der Waals surface area contributed by atoms with Crippen molar-refractivity contribution in [3.05, 3.63) is 175 Å². The Morgan fingerprint density at radius 2 is 0.787 bits per heavy atom. The van der Waals surface area contributed by atoms with Gasteiger partial charge in [-0.2, -0.15) is 0 Å². The maximum atomic E-state index is 2.50. The molecule has 0 fully saturated rings. The van der Waals surface area contributed by atoms with Crippen LogP contribution in [0.2, 0.25) is 0 Å². The molecule has 0 aliphatic carbocycles. The second-order valence-electron chi connectivity index (χ2n) is 19.7. The molecule has 0 saturated heterocycles. The number of para-hydroxylation sites is 2.